The van der Waals surface area contributed by atoms with Gasteiger partial charge < -0.3 is 9.30 Å². The Balaban J connectivity index is 1.97. The Kier molecular flexibility index (Phi) is 8.46. The second-order valence-corrected chi connectivity index (χ2v) is 8.75. The number of aromatic nitrogens is 1. The quantitative estimate of drug-likeness (QED) is 0.251. The predicted molar refractivity (Wildman–Crippen MR) is 131 cm³/mol. The molecule has 0 atom stereocenters. The van der Waals surface area contributed by atoms with Crippen LogP contribution in [0.15, 0.2) is 59.4 Å². The van der Waals surface area contributed by atoms with Crippen molar-refractivity contribution >= 4 is 35.0 Å². The number of halogens is 4. The highest BCUT2D eigenvalue weighted by Gasteiger charge is 2.44. The highest BCUT2D eigenvalue weighted by molar-refractivity contribution is 6.36. The molecule has 0 saturated carbocycles. The van der Waals surface area contributed by atoms with E-state index in [0.29, 0.717) is 23.1 Å². The summed E-state index contributed by atoms with van der Waals surface area (Å²) in [7, 11) is 1.26. The van der Waals surface area contributed by atoms with Crippen LogP contribution in [0.4, 0.5) is 8.78 Å². The zero-order valence-corrected chi connectivity index (χ0v) is 20.6. The summed E-state index contributed by atoms with van der Waals surface area (Å²) < 4.78 is 36.3. The van der Waals surface area contributed by atoms with Gasteiger partial charge in [0, 0.05) is 12.1 Å². The standard InChI is InChI=1S/C26H23Cl2F2NO4/c1-3-5-17-6-4-7-19(14-17)26(29,30)23(32)22-20(27)15-21(28)24(33)31(22)13-12-16-8-10-18(11-9-16)25(34)35-2/h4,6-11,14-15H,3,5,12-13H2,1-2H3. The summed E-state index contributed by atoms with van der Waals surface area (Å²) in [6.07, 6.45) is 1.53. The fraction of sp³-hybridized carbons (Fsp3) is 0.269. The Morgan fingerprint density at radius 2 is 1.66 bits per heavy atom. The number of hydrogen-bond acceptors (Lipinski definition) is 4. The molecule has 0 unspecified atom stereocenters. The molecule has 35 heavy (non-hydrogen) atoms. The molecule has 184 valence electrons. The molecule has 0 radical (unpaired) electrons. The smallest absolute Gasteiger partial charge is 0.337 e. The van der Waals surface area contributed by atoms with Crippen LogP contribution in [0.2, 0.25) is 10.0 Å². The molecular formula is C26H23Cl2F2NO4. The van der Waals surface area contributed by atoms with Gasteiger partial charge in [-0.15, -0.1) is 0 Å². The van der Waals surface area contributed by atoms with Gasteiger partial charge in [0.05, 0.1) is 17.7 Å². The van der Waals surface area contributed by atoms with Crippen LogP contribution in [0, 0.1) is 0 Å². The van der Waals surface area contributed by atoms with Gasteiger partial charge >= 0.3 is 11.9 Å². The zero-order valence-electron chi connectivity index (χ0n) is 19.1. The highest BCUT2D eigenvalue weighted by Crippen LogP contribution is 2.35. The van der Waals surface area contributed by atoms with Crippen molar-refractivity contribution in [3.8, 4) is 0 Å². The topological polar surface area (TPSA) is 65.4 Å². The Hall–Kier alpha value is -3.03. The van der Waals surface area contributed by atoms with Gasteiger partial charge in [-0.1, -0.05) is 66.9 Å². The first-order valence-electron chi connectivity index (χ1n) is 10.9. The van der Waals surface area contributed by atoms with Gasteiger partial charge in [-0.2, -0.15) is 8.78 Å². The molecule has 9 heteroatoms. The third-order valence-corrected chi connectivity index (χ3v) is 6.09. The first-order chi connectivity index (χ1) is 16.6. The van der Waals surface area contributed by atoms with E-state index in [2.05, 4.69) is 4.74 Å². The number of esters is 1. The molecule has 0 fully saturated rings. The van der Waals surface area contributed by atoms with E-state index < -0.39 is 34.5 Å². The van der Waals surface area contributed by atoms with Crippen molar-refractivity contribution in [3.63, 3.8) is 0 Å². The maximum Gasteiger partial charge on any atom is 0.337 e. The van der Waals surface area contributed by atoms with Gasteiger partial charge in [-0.05, 0) is 48.2 Å². The van der Waals surface area contributed by atoms with Crippen molar-refractivity contribution in [1.82, 2.24) is 4.57 Å². The van der Waals surface area contributed by atoms with E-state index in [1.165, 1.54) is 25.3 Å². The van der Waals surface area contributed by atoms with Crippen molar-refractivity contribution in [2.24, 2.45) is 0 Å². The number of ketones is 1. The van der Waals surface area contributed by atoms with Crippen LogP contribution in [0.3, 0.4) is 0 Å². The Labute approximate surface area is 211 Å². The number of carbonyl (C=O) groups is 2. The summed E-state index contributed by atoms with van der Waals surface area (Å²) in [6, 6.07) is 13.0. The molecule has 1 aromatic heterocycles. The molecule has 3 rings (SSSR count). The van der Waals surface area contributed by atoms with Gasteiger partial charge in [-0.3, -0.25) is 9.59 Å². The summed E-state index contributed by atoms with van der Waals surface area (Å²) in [5.41, 5.74) is -0.193. The van der Waals surface area contributed by atoms with Crippen LogP contribution in [0.25, 0.3) is 0 Å². The minimum absolute atomic E-state index is 0.135. The molecule has 0 bridgehead atoms. The van der Waals surface area contributed by atoms with E-state index in [0.717, 1.165) is 17.1 Å². The van der Waals surface area contributed by atoms with E-state index in [1.54, 1.807) is 30.3 Å². The van der Waals surface area contributed by atoms with Crippen LogP contribution in [0.5, 0.6) is 0 Å². The number of methoxy groups -OCH3 is 1. The molecular weight excluding hydrogens is 499 g/mol. The van der Waals surface area contributed by atoms with Gasteiger partial charge in [0.2, 0.25) is 0 Å². The van der Waals surface area contributed by atoms with Crippen LogP contribution in [-0.2, 0) is 30.0 Å². The lowest BCUT2D eigenvalue weighted by molar-refractivity contribution is 0.00636. The number of alkyl halides is 2. The highest BCUT2D eigenvalue weighted by atomic mass is 35.5. The lowest BCUT2D eigenvalue weighted by Gasteiger charge is -2.20. The Morgan fingerprint density at radius 1 is 0.971 bits per heavy atom. The van der Waals surface area contributed by atoms with Crippen molar-refractivity contribution in [3.05, 3.63) is 103 Å². The van der Waals surface area contributed by atoms with E-state index in [4.69, 9.17) is 23.2 Å². The number of aryl methyl sites for hydroxylation is 2. The summed E-state index contributed by atoms with van der Waals surface area (Å²) >= 11 is 12.1. The van der Waals surface area contributed by atoms with Crippen LogP contribution >= 0.6 is 23.2 Å². The second-order valence-electron chi connectivity index (χ2n) is 7.94. The first kappa shape index (κ1) is 26.6. The number of ether oxygens (including phenoxy) is 1. The number of benzene rings is 2. The maximum atomic E-state index is 15.4. The fourth-order valence-electron chi connectivity index (χ4n) is 3.70. The van der Waals surface area contributed by atoms with Crippen LogP contribution in [0.1, 0.15) is 50.9 Å². The Morgan fingerprint density at radius 3 is 2.29 bits per heavy atom. The average molecular weight is 522 g/mol. The number of nitrogens with zero attached hydrogens (tertiary/aromatic N) is 1. The summed E-state index contributed by atoms with van der Waals surface area (Å²) in [4.78, 5) is 37.5. The monoisotopic (exact) mass is 521 g/mol. The molecule has 0 amide bonds. The maximum absolute atomic E-state index is 15.4. The minimum atomic E-state index is -3.92. The molecule has 2 aromatic carbocycles. The van der Waals surface area contributed by atoms with Gasteiger partial charge in [0.25, 0.3) is 11.3 Å². The number of rotatable bonds is 9. The molecule has 1 heterocycles. The molecule has 0 aliphatic rings. The molecule has 0 spiro atoms. The number of carbonyl (C=O) groups excluding carboxylic acids is 2. The van der Waals surface area contributed by atoms with Gasteiger partial charge in [0.1, 0.15) is 10.7 Å². The summed E-state index contributed by atoms with van der Waals surface area (Å²) in [5.74, 6) is -6.02. The number of hydrogen-bond donors (Lipinski definition) is 0. The molecule has 5 nitrogen and oxygen atoms in total. The predicted octanol–water partition coefficient (Wildman–Crippen LogP) is 6.11. The average Bonchev–Trinajstić information content (AvgIpc) is 2.85. The lowest BCUT2D eigenvalue weighted by atomic mass is 9.98. The molecule has 3 aromatic rings. The van der Waals surface area contributed by atoms with E-state index >= 15 is 8.78 Å². The number of pyridine rings is 1. The SMILES string of the molecule is CCCc1cccc(C(F)(F)C(=O)c2c(Cl)cc(Cl)c(=O)n2CCc2ccc(C(=O)OC)cc2)c1. The lowest BCUT2D eigenvalue weighted by Crippen LogP contribution is -2.34. The minimum Gasteiger partial charge on any atom is -0.465 e. The second kappa shape index (κ2) is 11.1. The molecule has 0 aliphatic heterocycles. The molecule has 0 aliphatic carbocycles. The largest absolute Gasteiger partial charge is 0.465 e. The molecule has 0 N–H and O–H groups in total. The third kappa shape index (κ3) is 5.80. The summed E-state index contributed by atoms with van der Waals surface area (Å²) in [5, 5.41) is -0.633. The zero-order chi connectivity index (χ0) is 25.8. The van der Waals surface area contributed by atoms with E-state index in [1.807, 2.05) is 6.92 Å². The van der Waals surface area contributed by atoms with Crippen molar-refractivity contribution in [1.29, 1.82) is 0 Å². The van der Waals surface area contributed by atoms with E-state index in [9.17, 15) is 14.4 Å². The van der Waals surface area contributed by atoms with Crippen LogP contribution < -0.4 is 5.56 Å². The van der Waals surface area contributed by atoms with Crippen LogP contribution in [-0.4, -0.2) is 23.4 Å². The van der Waals surface area contributed by atoms with Gasteiger partial charge in [-0.25, -0.2) is 4.79 Å². The van der Waals surface area contributed by atoms with E-state index in [-0.39, 0.29) is 23.0 Å². The van der Waals surface area contributed by atoms with Crippen molar-refractivity contribution < 1.29 is 23.1 Å². The van der Waals surface area contributed by atoms with Crippen molar-refractivity contribution in [2.75, 3.05) is 7.11 Å². The summed E-state index contributed by atoms with van der Waals surface area (Å²) in [6.45, 7) is 1.79. The normalized spacial score (nSPS) is 11.4. The Bertz CT molecular complexity index is 1300. The molecule has 0 saturated heterocycles. The first-order valence-corrected chi connectivity index (χ1v) is 11.6. The third-order valence-electron chi connectivity index (χ3n) is 5.53. The number of Topliss-reactive ketones (excluding diaryl/α,β-unsaturated/α-hetero) is 1. The van der Waals surface area contributed by atoms with Crippen molar-refractivity contribution in [2.45, 2.75) is 38.7 Å². The van der Waals surface area contributed by atoms with Gasteiger partial charge in [0.15, 0.2) is 0 Å². The fourth-order valence-corrected chi connectivity index (χ4v) is 4.27.